The molecule has 1 N–H and O–H groups in total. The maximum atomic E-state index is 12.9. The fourth-order valence-electron chi connectivity index (χ4n) is 3.76. The van der Waals surface area contributed by atoms with Gasteiger partial charge >= 0.3 is 0 Å². The van der Waals surface area contributed by atoms with Gasteiger partial charge in [0.15, 0.2) is 9.84 Å². The van der Waals surface area contributed by atoms with Gasteiger partial charge in [0, 0.05) is 37.0 Å². The van der Waals surface area contributed by atoms with Crippen molar-refractivity contribution < 1.29 is 13.2 Å². The topological polar surface area (TPSA) is 66.5 Å². The normalized spacial score (nSPS) is 27.0. The van der Waals surface area contributed by atoms with E-state index in [9.17, 15) is 13.2 Å². The van der Waals surface area contributed by atoms with E-state index in [1.54, 1.807) is 17.0 Å². The van der Waals surface area contributed by atoms with Gasteiger partial charge in [-0.2, -0.15) is 0 Å². The van der Waals surface area contributed by atoms with Crippen molar-refractivity contribution in [3.8, 4) is 0 Å². The lowest BCUT2D eigenvalue weighted by atomic mass is 9.97. The zero-order valence-corrected chi connectivity index (χ0v) is 14.7. The second-order valence-corrected chi connectivity index (χ2v) is 8.94. The molecular formula is C17H24N2O3S. The summed E-state index contributed by atoms with van der Waals surface area (Å²) in [6.45, 7) is 1.85. The van der Waals surface area contributed by atoms with Gasteiger partial charge in [0.05, 0.1) is 4.90 Å². The predicted octanol–water partition coefficient (Wildman–Crippen LogP) is 1.75. The van der Waals surface area contributed by atoms with Gasteiger partial charge in [-0.3, -0.25) is 4.79 Å². The minimum Gasteiger partial charge on any atom is -0.339 e. The Balaban J connectivity index is 1.85. The highest BCUT2D eigenvalue weighted by molar-refractivity contribution is 7.90. The SMILES string of the molecule is Cc1ccc(S(C)(=O)=O)cc1C(=O)N(C)C1CC2CCC(C1)N2. The number of hydrogen-bond acceptors (Lipinski definition) is 4. The van der Waals surface area contributed by atoms with Crippen LogP contribution in [0.15, 0.2) is 23.1 Å². The summed E-state index contributed by atoms with van der Waals surface area (Å²) >= 11 is 0. The average Bonchev–Trinajstić information content (AvgIpc) is 2.83. The van der Waals surface area contributed by atoms with Crippen LogP contribution in [0.5, 0.6) is 0 Å². The first kappa shape index (κ1) is 16.5. The third-order valence-corrected chi connectivity index (χ3v) is 6.29. The van der Waals surface area contributed by atoms with Crippen LogP contribution < -0.4 is 5.32 Å². The Kier molecular flexibility index (Phi) is 4.23. The summed E-state index contributed by atoms with van der Waals surface area (Å²) in [4.78, 5) is 14.9. The van der Waals surface area contributed by atoms with Crippen molar-refractivity contribution in [3.63, 3.8) is 0 Å². The van der Waals surface area contributed by atoms with Crippen molar-refractivity contribution in [3.05, 3.63) is 29.3 Å². The van der Waals surface area contributed by atoms with Gasteiger partial charge in [0.2, 0.25) is 0 Å². The smallest absolute Gasteiger partial charge is 0.254 e. The molecule has 1 aromatic rings. The molecule has 0 radical (unpaired) electrons. The Bertz CT molecular complexity index is 717. The van der Waals surface area contributed by atoms with E-state index in [1.807, 2.05) is 14.0 Å². The lowest BCUT2D eigenvalue weighted by Gasteiger charge is -2.35. The van der Waals surface area contributed by atoms with Crippen LogP contribution in [-0.2, 0) is 9.84 Å². The first-order chi connectivity index (χ1) is 10.8. The van der Waals surface area contributed by atoms with Gasteiger partial charge in [-0.25, -0.2) is 8.42 Å². The molecule has 2 bridgehead atoms. The standard InChI is InChI=1S/C17H24N2O3S/c1-11-4-7-15(23(3,21)22)10-16(11)17(20)19(2)14-8-12-5-6-13(9-14)18-12/h4,7,10,12-14,18H,5-6,8-9H2,1-3H3. The highest BCUT2D eigenvalue weighted by Gasteiger charge is 2.36. The molecule has 2 unspecified atom stereocenters. The van der Waals surface area contributed by atoms with E-state index in [4.69, 9.17) is 0 Å². The first-order valence-corrected chi connectivity index (χ1v) is 9.99. The molecule has 3 rings (SSSR count). The number of nitrogens with zero attached hydrogens (tertiary/aromatic N) is 1. The molecule has 23 heavy (non-hydrogen) atoms. The van der Waals surface area contributed by atoms with Crippen LogP contribution in [0, 0.1) is 6.92 Å². The number of amides is 1. The summed E-state index contributed by atoms with van der Waals surface area (Å²) in [6, 6.07) is 6.03. The van der Waals surface area contributed by atoms with E-state index >= 15 is 0 Å². The largest absolute Gasteiger partial charge is 0.339 e. The van der Waals surface area contributed by atoms with Crippen LogP contribution in [0.1, 0.15) is 41.6 Å². The molecule has 0 aromatic heterocycles. The lowest BCUT2D eigenvalue weighted by molar-refractivity contribution is 0.0680. The van der Waals surface area contributed by atoms with Crippen molar-refractivity contribution in [2.45, 2.75) is 55.6 Å². The minimum absolute atomic E-state index is 0.0840. The maximum Gasteiger partial charge on any atom is 0.254 e. The molecule has 2 aliphatic rings. The second kappa shape index (κ2) is 5.91. The van der Waals surface area contributed by atoms with Crippen LogP contribution in [-0.4, -0.2) is 50.7 Å². The van der Waals surface area contributed by atoms with Crippen LogP contribution >= 0.6 is 0 Å². The number of benzene rings is 1. The Morgan fingerprint density at radius 3 is 2.39 bits per heavy atom. The van der Waals surface area contributed by atoms with Crippen LogP contribution in [0.2, 0.25) is 0 Å². The molecule has 6 heteroatoms. The molecular weight excluding hydrogens is 312 g/mol. The fraction of sp³-hybridized carbons (Fsp3) is 0.588. The average molecular weight is 336 g/mol. The third-order valence-electron chi connectivity index (χ3n) is 5.18. The van der Waals surface area contributed by atoms with Gasteiger partial charge in [-0.1, -0.05) is 6.07 Å². The number of sulfone groups is 1. The molecule has 0 saturated carbocycles. The highest BCUT2D eigenvalue weighted by Crippen LogP contribution is 2.30. The van der Waals surface area contributed by atoms with Gasteiger partial charge in [0.25, 0.3) is 5.91 Å². The van der Waals surface area contributed by atoms with E-state index in [2.05, 4.69) is 5.32 Å². The van der Waals surface area contributed by atoms with Crippen LogP contribution in [0.4, 0.5) is 0 Å². The number of aryl methyl sites for hydroxylation is 1. The van der Waals surface area contributed by atoms with E-state index in [0.717, 1.165) is 18.4 Å². The Morgan fingerprint density at radius 1 is 1.22 bits per heavy atom. The van der Waals surface area contributed by atoms with Gasteiger partial charge in [0.1, 0.15) is 0 Å². The summed E-state index contributed by atoms with van der Waals surface area (Å²) in [5, 5.41) is 3.58. The summed E-state index contributed by atoms with van der Waals surface area (Å²) < 4.78 is 23.5. The number of carbonyl (C=O) groups is 1. The number of nitrogens with one attached hydrogen (secondary N) is 1. The summed E-state index contributed by atoms with van der Waals surface area (Å²) in [7, 11) is -1.48. The van der Waals surface area contributed by atoms with Crippen LogP contribution in [0.3, 0.4) is 0 Å². The van der Waals surface area contributed by atoms with Crippen molar-refractivity contribution in [1.82, 2.24) is 10.2 Å². The molecule has 1 amide bonds. The van der Waals surface area contributed by atoms with E-state index < -0.39 is 9.84 Å². The molecule has 126 valence electrons. The summed E-state index contributed by atoms with van der Waals surface area (Å²) in [5.41, 5.74) is 1.30. The zero-order chi connectivity index (χ0) is 16.8. The highest BCUT2D eigenvalue weighted by atomic mass is 32.2. The molecule has 0 aliphatic carbocycles. The summed E-state index contributed by atoms with van der Waals surface area (Å²) in [5.74, 6) is -0.0840. The monoisotopic (exact) mass is 336 g/mol. The van der Waals surface area contributed by atoms with Crippen molar-refractivity contribution in [1.29, 1.82) is 0 Å². The molecule has 2 fully saturated rings. The molecule has 0 spiro atoms. The minimum atomic E-state index is -3.31. The molecule has 5 nitrogen and oxygen atoms in total. The number of carbonyl (C=O) groups excluding carboxylic acids is 1. The van der Waals surface area contributed by atoms with E-state index in [0.29, 0.717) is 17.6 Å². The van der Waals surface area contributed by atoms with Gasteiger partial charge in [-0.05, 0) is 50.3 Å². The fourth-order valence-corrected chi connectivity index (χ4v) is 4.41. The summed E-state index contributed by atoms with van der Waals surface area (Å²) in [6.07, 6.45) is 5.49. The van der Waals surface area contributed by atoms with Crippen molar-refractivity contribution in [2.75, 3.05) is 13.3 Å². The lowest BCUT2D eigenvalue weighted by Crippen LogP contribution is -2.48. The maximum absolute atomic E-state index is 12.9. The van der Waals surface area contributed by atoms with Gasteiger partial charge < -0.3 is 10.2 Å². The van der Waals surface area contributed by atoms with E-state index in [-0.39, 0.29) is 16.8 Å². The Labute approximate surface area is 138 Å². The first-order valence-electron chi connectivity index (χ1n) is 8.09. The molecule has 2 heterocycles. The van der Waals surface area contributed by atoms with Crippen LogP contribution in [0.25, 0.3) is 0 Å². The number of fused-ring (bicyclic) bond motifs is 2. The van der Waals surface area contributed by atoms with Gasteiger partial charge in [-0.15, -0.1) is 0 Å². The zero-order valence-electron chi connectivity index (χ0n) is 13.9. The molecule has 2 aliphatic heterocycles. The number of piperidine rings is 1. The Hall–Kier alpha value is -1.40. The number of hydrogen-bond donors (Lipinski definition) is 1. The quantitative estimate of drug-likeness (QED) is 0.913. The van der Waals surface area contributed by atoms with Crippen molar-refractivity contribution >= 4 is 15.7 Å². The molecule has 1 aromatic carbocycles. The predicted molar refractivity (Wildman–Crippen MR) is 89.4 cm³/mol. The van der Waals surface area contributed by atoms with Crippen molar-refractivity contribution in [2.24, 2.45) is 0 Å². The second-order valence-electron chi connectivity index (χ2n) is 6.93. The number of rotatable bonds is 3. The van der Waals surface area contributed by atoms with E-state index in [1.165, 1.54) is 25.2 Å². The Morgan fingerprint density at radius 2 is 1.83 bits per heavy atom. The molecule has 2 atom stereocenters. The third kappa shape index (κ3) is 3.28. The molecule has 2 saturated heterocycles.